The predicted octanol–water partition coefficient (Wildman–Crippen LogP) is 2.46. The number of thioether (sulfide) groups is 1. The molecule has 2 N–H and O–H groups in total. The van der Waals surface area contributed by atoms with E-state index in [-0.39, 0.29) is 5.92 Å². The first-order valence-corrected chi connectivity index (χ1v) is 6.30. The Morgan fingerprint density at radius 3 is 2.94 bits per heavy atom. The molecule has 0 unspecified atom stereocenters. The molecule has 0 radical (unpaired) electrons. The van der Waals surface area contributed by atoms with E-state index in [9.17, 15) is 0 Å². The van der Waals surface area contributed by atoms with Gasteiger partial charge in [0.15, 0.2) is 5.82 Å². The van der Waals surface area contributed by atoms with E-state index in [0.29, 0.717) is 17.3 Å². The fourth-order valence-electron chi connectivity index (χ4n) is 1.23. The summed E-state index contributed by atoms with van der Waals surface area (Å²) < 4.78 is 5.15. The summed E-state index contributed by atoms with van der Waals surface area (Å²) in [5.41, 5.74) is 6.46. The summed E-state index contributed by atoms with van der Waals surface area (Å²) in [5.74, 6) is 2.26. The van der Waals surface area contributed by atoms with E-state index >= 15 is 0 Å². The first-order valence-electron chi connectivity index (χ1n) is 5.31. The Hall–Kier alpha value is -1.56. The fraction of sp³-hybridized carbons (Fsp3) is 0.364. The Balaban J connectivity index is 2.00. The van der Waals surface area contributed by atoms with Gasteiger partial charge in [-0.2, -0.15) is 4.98 Å². The highest BCUT2D eigenvalue weighted by atomic mass is 32.2. The summed E-state index contributed by atoms with van der Waals surface area (Å²) in [6.45, 7) is 4.06. The van der Waals surface area contributed by atoms with Crippen molar-refractivity contribution in [2.24, 2.45) is 0 Å². The molecule has 2 aromatic rings. The summed E-state index contributed by atoms with van der Waals surface area (Å²) in [6.07, 6.45) is 3.35. The molecule has 0 saturated heterocycles. The van der Waals surface area contributed by atoms with Gasteiger partial charge >= 0.3 is 0 Å². The van der Waals surface area contributed by atoms with Crippen molar-refractivity contribution < 1.29 is 4.52 Å². The topological polar surface area (TPSA) is 77.8 Å². The van der Waals surface area contributed by atoms with E-state index in [2.05, 4.69) is 15.1 Å². The molecular formula is C11H14N4OS. The van der Waals surface area contributed by atoms with Crippen LogP contribution in [0.4, 0.5) is 5.69 Å². The van der Waals surface area contributed by atoms with Crippen LogP contribution in [0.15, 0.2) is 27.9 Å². The Labute approximate surface area is 104 Å². The van der Waals surface area contributed by atoms with Crippen molar-refractivity contribution in [3.05, 3.63) is 30.2 Å². The molecule has 0 aliphatic heterocycles. The van der Waals surface area contributed by atoms with Crippen LogP contribution in [0.1, 0.15) is 31.5 Å². The minimum absolute atomic E-state index is 0.281. The number of aromatic nitrogens is 3. The molecule has 0 saturated carbocycles. The van der Waals surface area contributed by atoms with Gasteiger partial charge in [0, 0.05) is 17.0 Å². The van der Waals surface area contributed by atoms with E-state index in [1.807, 2.05) is 19.9 Å². The highest BCUT2D eigenvalue weighted by molar-refractivity contribution is 7.98. The van der Waals surface area contributed by atoms with Gasteiger partial charge in [-0.15, -0.1) is 11.8 Å². The molecule has 0 atom stereocenters. The molecule has 0 aliphatic rings. The van der Waals surface area contributed by atoms with Crippen molar-refractivity contribution in [2.45, 2.75) is 30.4 Å². The molecular weight excluding hydrogens is 236 g/mol. The summed E-state index contributed by atoms with van der Waals surface area (Å²) >= 11 is 1.56. The first-order chi connectivity index (χ1) is 8.16. The van der Waals surface area contributed by atoms with Crippen LogP contribution < -0.4 is 5.73 Å². The first kappa shape index (κ1) is 11.9. The van der Waals surface area contributed by atoms with Crippen LogP contribution in [-0.4, -0.2) is 15.1 Å². The van der Waals surface area contributed by atoms with Gasteiger partial charge < -0.3 is 10.3 Å². The summed E-state index contributed by atoms with van der Waals surface area (Å²) in [6, 6.07) is 1.87. The van der Waals surface area contributed by atoms with Crippen molar-refractivity contribution >= 4 is 17.4 Å². The number of pyridine rings is 1. The lowest BCUT2D eigenvalue weighted by atomic mass is 10.2. The van der Waals surface area contributed by atoms with Gasteiger partial charge in [-0.1, -0.05) is 19.0 Å². The second kappa shape index (κ2) is 5.18. The van der Waals surface area contributed by atoms with Crippen LogP contribution in [-0.2, 0) is 5.75 Å². The molecule has 0 aliphatic carbocycles. The number of hydrogen-bond acceptors (Lipinski definition) is 6. The van der Waals surface area contributed by atoms with Crippen molar-refractivity contribution in [2.75, 3.05) is 5.73 Å². The second-order valence-corrected chi connectivity index (χ2v) is 4.92. The van der Waals surface area contributed by atoms with E-state index in [4.69, 9.17) is 10.3 Å². The third kappa shape index (κ3) is 2.97. The quantitative estimate of drug-likeness (QED) is 0.840. The molecule has 0 amide bonds. The molecule has 2 heterocycles. The van der Waals surface area contributed by atoms with Crippen molar-refractivity contribution in [3.8, 4) is 0 Å². The molecule has 0 fully saturated rings. The Kier molecular flexibility index (Phi) is 3.63. The van der Waals surface area contributed by atoms with Crippen LogP contribution in [0.3, 0.4) is 0 Å². The van der Waals surface area contributed by atoms with Crippen molar-refractivity contribution in [1.29, 1.82) is 0 Å². The highest BCUT2D eigenvalue weighted by Crippen LogP contribution is 2.26. The smallest absolute Gasteiger partial charge is 0.237 e. The normalized spacial score (nSPS) is 11.0. The van der Waals surface area contributed by atoms with Gasteiger partial charge in [-0.25, -0.2) is 0 Å². The van der Waals surface area contributed by atoms with Gasteiger partial charge in [-0.3, -0.25) is 4.98 Å². The molecule has 90 valence electrons. The Bertz CT molecular complexity index is 498. The van der Waals surface area contributed by atoms with Gasteiger partial charge in [0.1, 0.15) is 0 Å². The molecule has 17 heavy (non-hydrogen) atoms. The van der Waals surface area contributed by atoms with Crippen molar-refractivity contribution in [3.63, 3.8) is 0 Å². The molecule has 6 heteroatoms. The largest absolute Gasteiger partial charge is 0.397 e. The molecule has 2 rings (SSSR count). The fourth-order valence-corrected chi connectivity index (χ4v) is 2.00. The molecule has 2 aromatic heterocycles. The van der Waals surface area contributed by atoms with E-state index in [1.165, 1.54) is 0 Å². The maximum atomic E-state index is 5.79. The molecule has 0 bridgehead atoms. The van der Waals surface area contributed by atoms with Crippen LogP contribution in [0, 0.1) is 0 Å². The monoisotopic (exact) mass is 250 g/mol. The maximum Gasteiger partial charge on any atom is 0.237 e. The molecule has 5 nitrogen and oxygen atoms in total. The third-order valence-corrected chi connectivity index (χ3v) is 3.24. The summed E-state index contributed by atoms with van der Waals surface area (Å²) in [7, 11) is 0. The van der Waals surface area contributed by atoms with Gasteiger partial charge in [0.2, 0.25) is 5.89 Å². The van der Waals surface area contributed by atoms with E-state index in [0.717, 1.165) is 10.7 Å². The zero-order chi connectivity index (χ0) is 12.3. The number of hydrogen-bond donors (Lipinski definition) is 1. The Morgan fingerprint density at radius 2 is 2.29 bits per heavy atom. The van der Waals surface area contributed by atoms with Crippen LogP contribution in [0.5, 0.6) is 0 Å². The van der Waals surface area contributed by atoms with Crippen LogP contribution >= 0.6 is 11.8 Å². The van der Waals surface area contributed by atoms with E-state index < -0.39 is 0 Å². The standard InChI is InChI=1S/C11H14N4OS/c1-7(2)11-14-10(16-15-11)6-17-9-3-4-13-5-8(9)12/h3-5,7H,6,12H2,1-2H3. The minimum Gasteiger partial charge on any atom is -0.397 e. The van der Waals surface area contributed by atoms with Crippen LogP contribution in [0.2, 0.25) is 0 Å². The SMILES string of the molecule is CC(C)c1noc(CSc2ccncc2N)n1. The molecule has 0 aromatic carbocycles. The zero-order valence-electron chi connectivity index (χ0n) is 9.75. The third-order valence-electron chi connectivity index (χ3n) is 2.16. The maximum absolute atomic E-state index is 5.79. The zero-order valence-corrected chi connectivity index (χ0v) is 10.6. The number of nitrogens with zero attached hydrogens (tertiary/aromatic N) is 3. The van der Waals surface area contributed by atoms with Gasteiger partial charge in [-0.05, 0) is 6.07 Å². The predicted molar refractivity (Wildman–Crippen MR) is 66.6 cm³/mol. The summed E-state index contributed by atoms with van der Waals surface area (Å²) in [4.78, 5) is 9.21. The number of rotatable bonds is 4. The minimum atomic E-state index is 0.281. The Morgan fingerprint density at radius 1 is 1.47 bits per heavy atom. The van der Waals surface area contributed by atoms with Gasteiger partial charge in [0.25, 0.3) is 0 Å². The number of nitrogens with two attached hydrogens (primary N) is 1. The van der Waals surface area contributed by atoms with Gasteiger partial charge in [0.05, 0.1) is 17.6 Å². The van der Waals surface area contributed by atoms with Crippen molar-refractivity contribution in [1.82, 2.24) is 15.1 Å². The average molecular weight is 250 g/mol. The lowest BCUT2D eigenvalue weighted by Gasteiger charge is -2.01. The average Bonchev–Trinajstić information content (AvgIpc) is 2.77. The number of anilines is 1. The lowest BCUT2D eigenvalue weighted by molar-refractivity contribution is 0.383. The number of nitrogen functional groups attached to an aromatic ring is 1. The van der Waals surface area contributed by atoms with Crippen LogP contribution in [0.25, 0.3) is 0 Å². The van der Waals surface area contributed by atoms with E-state index in [1.54, 1.807) is 24.2 Å². The summed E-state index contributed by atoms with van der Waals surface area (Å²) in [5, 5.41) is 3.91. The highest BCUT2D eigenvalue weighted by Gasteiger charge is 2.10. The molecule has 0 spiro atoms. The second-order valence-electron chi connectivity index (χ2n) is 3.90. The lowest BCUT2D eigenvalue weighted by Crippen LogP contribution is -1.91.